The maximum Gasteiger partial charge on any atom is 0.317 e. The van der Waals surface area contributed by atoms with Gasteiger partial charge in [0, 0.05) is 12.1 Å². The number of hydrogen-bond acceptors (Lipinski definition) is 5. The fraction of sp³-hybridized carbons (Fsp3) is 0.462. The third-order valence-corrected chi connectivity index (χ3v) is 7.64. The van der Waals surface area contributed by atoms with Crippen molar-refractivity contribution in [2.45, 2.75) is 72.4 Å². The van der Waals surface area contributed by atoms with Crippen molar-refractivity contribution in [1.29, 1.82) is 0 Å². The Kier molecular flexibility index (Phi) is 8.49. The van der Waals surface area contributed by atoms with Crippen LogP contribution in [0.2, 0.25) is 19.6 Å². The molecule has 1 amide bonds. The maximum atomic E-state index is 13.6. The molecule has 0 unspecified atom stereocenters. The smallest absolute Gasteiger partial charge is 0.317 e. The van der Waals surface area contributed by atoms with Crippen molar-refractivity contribution in [2.75, 3.05) is 0 Å². The standard InChI is InChI=1S/C26H37NO5Si/c1-16(2)27(17(3)4)25(30)21-14-20(28)15-22(33(6,7)8)24(21)32-26(31)18(5)23(29)19-12-10-9-11-13-19/h9-18,23,28-29H,1-8H3/t18-,23+/m1/s1. The molecule has 2 aromatic rings. The number of phenolic OH excluding ortho intramolecular Hbond substituents is 1. The minimum atomic E-state index is -2.14. The minimum absolute atomic E-state index is 0.0413. The van der Waals surface area contributed by atoms with Crippen LogP contribution in [0, 0.1) is 5.92 Å². The van der Waals surface area contributed by atoms with E-state index in [1.165, 1.54) is 6.07 Å². The number of ether oxygens (including phenoxy) is 1. The molecule has 2 atom stereocenters. The topological polar surface area (TPSA) is 87.1 Å². The summed E-state index contributed by atoms with van der Waals surface area (Å²) in [6.45, 7) is 15.4. The van der Waals surface area contributed by atoms with E-state index in [2.05, 4.69) is 19.6 Å². The molecule has 0 aliphatic rings. The van der Waals surface area contributed by atoms with Gasteiger partial charge in [0.1, 0.15) is 11.5 Å². The Balaban J connectivity index is 2.55. The highest BCUT2D eigenvalue weighted by molar-refractivity contribution is 6.89. The Hall–Kier alpha value is -2.64. The molecule has 0 spiro atoms. The van der Waals surface area contributed by atoms with Gasteiger partial charge in [-0.05, 0) is 57.5 Å². The van der Waals surface area contributed by atoms with Crippen molar-refractivity contribution in [1.82, 2.24) is 4.90 Å². The van der Waals surface area contributed by atoms with E-state index in [9.17, 15) is 19.8 Å². The molecule has 2 rings (SSSR count). The molecule has 6 nitrogen and oxygen atoms in total. The van der Waals surface area contributed by atoms with E-state index >= 15 is 0 Å². The van der Waals surface area contributed by atoms with Gasteiger partial charge in [-0.2, -0.15) is 0 Å². The van der Waals surface area contributed by atoms with Crippen LogP contribution in [0.5, 0.6) is 11.5 Å². The molecule has 0 radical (unpaired) electrons. The number of carbonyl (C=O) groups is 2. The number of aromatic hydroxyl groups is 1. The van der Waals surface area contributed by atoms with Crippen LogP contribution in [0.25, 0.3) is 0 Å². The number of hydrogen-bond donors (Lipinski definition) is 2. The first-order valence-corrected chi connectivity index (χ1v) is 14.9. The van der Waals surface area contributed by atoms with Crippen LogP contribution in [0.15, 0.2) is 42.5 Å². The number of carbonyl (C=O) groups excluding carboxylic acids is 2. The van der Waals surface area contributed by atoms with E-state index in [4.69, 9.17) is 4.74 Å². The second kappa shape index (κ2) is 10.5. The number of benzene rings is 2. The predicted molar refractivity (Wildman–Crippen MR) is 134 cm³/mol. The van der Waals surface area contributed by atoms with Gasteiger partial charge in [0.2, 0.25) is 0 Å². The molecule has 2 aromatic carbocycles. The summed E-state index contributed by atoms with van der Waals surface area (Å²) >= 11 is 0. The zero-order valence-electron chi connectivity index (χ0n) is 20.9. The van der Waals surface area contributed by atoms with Gasteiger partial charge in [-0.1, -0.05) is 50.0 Å². The second-order valence-corrected chi connectivity index (χ2v) is 15.1. The Morgan fingerprint density at radius 1 is 0.939 bits per heavy atom. The lowest BCUT2D eigenvalue weighted by molar-refractivity contribution is -0.142. The summed E-state index contributed by atoms with van der Waals surface area (Å²) in [6.07, 6.45) is -1.05. The minimum Gasteiger partial charge on any atom is -0.508 e. The predicted octanol–water partition coefficient (Wildman–Crippen LogP) is 4.47. The van der Waals surface area contributed by atoms with Crippen LogP contribution in [0.1, 0.15) is 56.6 Å². The van der Waals surface area contributed by atoms with Crippen LogP contribution in [0.3, 0.4) is 0 Å². The normalized spacial score (nSPS) is 13.7. The van der Waals surface area contributed by atoms with Crippen molar-refractivity contribution in [3.63, 3.8) is 0 Å². The Labute approximate surface area is 198 Å². The van der Waals surface area contributed by atoms with Crippen molar-refractivity contribution >= 4 is 25.1 Å². The summed E-state index contributed by atoms with van der Waals surface area (Å²) in [5.74, 6) is -1.66. The van der Waals surface area contributed by atoms with Gasteiger partial charge in [0.15, 0.2) is 0 Å². The first-order valence-electron chi connectivity index (χ1n) is 11.4. The van der Waals surface area contributed by atoms with E-state index in [1.807, 2.05) is 33.8 Å². The molecule has 2 N–H and O–H groups in total. The number of rotatable bonds is 8. The molecule has 0 bridgehead atoms. The van der Waals surface area contributed by atoms with E-state index in [1.54, 1.807) is 42.2 Å². The molecule has 0 saturated heterocycles. The number of nitrogens with zero attached hydrogens (tertiary/aromatic N) is 1. The van der Waals surface area contributed by atoms with E-state index in [-0.39, 0.29) is 35.1 Å². The number of esters is 1. The molecular weight excluding hydrogens is 434 g/mol. The molecule has 0 aliphatic heterocycles. The van der Waals surface area contributed by atoms with Gasteiger partial charge < -0.3 is 19.8 Å². The Morgan fingerprint density at radius 3 is 1.97 bits per heavy atom. The van der Waals surface area contributed by atoms with Gasteiger partial charge in [-0.15, -0.1) is 0 Å². The lowest BCUT2D eigenvalue weighted by Crippen LogP contribution is -2.44. The summed E-state index contributed by atoms with van der Waals surface area (Å²) in [4.78, 5) is 28.4. The molecule has 0 saturated carbocycles. The molecule has 7 heteroatoms. The van der Waals surface area contributed by atoms with Crippen molar-refractivity contribution < 1.29 is 24.5 Å². The third kappa shape index (κ3) is 6.24. The molecule has 0 fully saturated rings. The van der Waals surface area contributed by atoms with E-state index < -0.39 is 26.1 Å². The summed E-state index contributed by atoms with van der Waals surface area (Å²) in [5.41, 5.74) is 0.768. The molecule has 0 aromatic heterocycles. The Morgan fingerprint density at radius 2 is 1.48 bits per heavy atom. The summed E-state index contributed by atoms with van der Waals surface area (Å²) in [7, 11) is -2.14. The molecule has 0 heterocycles. The van der Waals surface area contributed by atoms with Crippen LogP contribution in [-0.2, 0) is 4.79 Å². The van der Waals surface area contributed by atoms with Gasteiger partial charge in [-0.3, -0.25) is 9.59 Å². The summed E-state index contributed by atoms with van der Waals surface area (Å²) in [6, 6.07) is 11.7. The fourth-order valence-electron chi connectivity index (χ4n) is 3.91. The average molecular weight is 472 g/mol. The van der Waals surface area contributed by atoms with Crippen molar-refractivity contribution in [3.05, 3.63) is 53.6 Å². The van der Waals surface area contributed by atoms with Gasteiger partial charge >= 0.3 is 5.97 Å². The van der Waals surface area contributed by atoms with Crippen molar-refractivity contribution in [2.24, 2.45) is 5.92 Å². The third-order valence-electron chi connectivity index (χ3n) is 5.65. The average Bonchev–Trinajstić information content (AvgIpc) is 2.72. The highest BCUT2D eigenvalue weighted by Crippen LogP contribution is 2.30. The zero-order valence-corrected chi connectivity index (χ0v) is 21.9. The first kappa shape index (κ1) is 26.6. The van der Waals surface area contributed by atoms with E-state index in [0.29, 0.717) is 10.8 Å². The molecule has 0 aliphatic carbocycles. The summed E-state index contributed by atoms with van der Waals surface area (Å²) in [5, 5.41) is 21.8. The van der Waals surface area contributed by atoms with Gasteiger partial charge in [-0.25, -0.2) is 0 Å². The highest BCUT2D eigenvalue weighted by atomic mass is 28.3. The summed E-state index contributed by atoms with van der Waals surface area (Å²) < 4.78 is 5.87. The Bertz CT molecular complexity index is 974. The van der Waals surface area contributed by atoms with Crippen LogP contribution < -0.4 is 9.92 Å². The van der Waals surface area contributed by atoms with Gasteiger partial charge in [0.05, 0.1) is 25.7 Å². The van der Waals surface area contributed by atoms with Crippen LogP contribution >= 0.6 is 0 Å². The fourth-order valence-corrected chi connectivity index (χ4v) is 5.35. The number of phenols is 1. The monoisotopic (exact) mass is 471 g/mol. The number of amides is 1. The van der Waals surface area contributed by atoms with Crippen molar-refractivity contribution in [3.8, 4) is 11.5 Å². The quantitative estimate of drug-likeness (QED) is 0.337. The zero-order chi connectivity index (χ0) is 25.1. The second-order valence-electron chi connectivity index (χ2n) is 10.1. The number of aliphatic hydroxyl groups excluding tert-OH is 1. The molecular formula is C26H37NO5Si. The van der Waals surface area contributed by atoms with Gasteiger partial charge in [0.25, 0.3) is 5.91 Å². The van der Waals surface area contributed by atoms with Crippen LogP contribution in [0.4, 0.5) is 0 Å². The lowest BCUT2D eigenvalue weighted by Gasteiger charge is -2.32. The lowest BCUT2D eigenvalue weighted by atomic mass is 9.97. The van der Waals surface area contributed by atoms with Crippen LogP contribution in [-0.4, -0.2) is 47.1 Å². The molecule has 33 heavy (non-hydrogen) atoms. The number of aliphatic hydroxyl groups is 1. The highest BCUT2D eigenvalue weighted by Gasteiger charge is 2.34. The SMILES string of the molecule is CC(C)N(C(=O)c1cc(O)cc([Si](C)(C)C)c1OC(=O)[C@H](C)[C@H](O)c1ccccc1)C(C)C. The maximum absolute atomic E-state index is 13.6. The molecule has 180 valence electrons. The van der Waals surface area contributed by atoms with E-state index in [0.717, 1.165) is 0 Å². The largest absolute Gasteiger partial charge is 0.508 e. The first-order chi connectivity index (χ1) is 15.3.